The minimum Gasteiger partial charge on any atom is -0.343 e. The highest BCUT2D eigenvalue weighted by Gasteiger charge is 2.20. The van der Waals surface area contributed by atoms with Gasteiger partial charge in [0.2, 0.25) is 5.91 Å². The van der Waals surface area contributed by atoms with Crippen molar-refractivity contribution >= 4 is 17.2 Å². The molecule has 2 atom stereocenters. The first-order valence-corrected chi connectivity index (χ1v) is 7.18. The number of nitrogens with two attached hydrogens (primary N) is 1. The van der Waals surface area contributed by atoms with Crippen LogP contribution in [-0.4, -0.2) is 11.9 Å². The molecule has 0 saturated carbocycles. The maximum atomic E-state index is 12.1. The first kappa shape index (κ1) is 14.3. The standard InChI is InChI=1S/C16H16N2OS/c1-2-7-13(17)16(19)18-15(14-10-6-11-20-14)12-8-4-3-5-9-12/h1,3-6,8-11,13,15H,7,17H2,(H,18,19). The Morgan fingerprint density at radius 3 is 2.65 bits per heavy atom. The normalized spacial score (nSPS) is 13.2. The number of terminal acetylenes is 1. The zero-order valence-corrected chi connectivity index (χ0v) is 11.8. The van der Waals surface area contributed by atoms with Gasteiger partial charge in [0.25, 0.3) is 0 Å². The van der Waals surface area contributed by atoms with Crippen molar-refractivity contribution < 1.29 is 4.79 Å². The van der Waals surface area contributed by atoms with E-state index in [4.69, 9.17) is 12.2 Å². The van der Waals surface area contributed by atoms with Gasteiger partial charge in [-0.3, -0.25) is 4.79 Å². The van der Waals surface area contributed by atoms with Crippen molar-refractivity contribution in [2.24, 2.45) is 5.73 Å². The summed E-state index contributed by atoms with van der Waals surface area (Å²) in [4.78, 5) is 13.2. The molecule has 1 aromatic heterocycles. The highest BCUT2D eigenvalue weighted by molar-refractivity contribution is 7.10. The van der Waals surface area contributed by atoms with Crippen LogP contribution in [0, 0.1) is 12.3 Å². The summed E-state index contributed by atoms with van der Waals surface area (Å²) in [5, 5.41) is 4.96. The van der Waals surface area contributed by atoms with E-state index in [0.717, 1.165) is 10.4 Å². The van der Waals surface area contributed by atoms with Gasteiger partial charge in [0, 0.05) is 11.3 Å². The van der Waals surface area contributed by atoms with Gasteiger partial charge < -0.3 is 11.1 Å². The third kappa shape index (κ3) is 3.47. The average Bonchev–Trinajstić information content (AvgIpc) is 2.99. The lowest BCUT2D eigenvalue weighted by Gasteiger charge is -2.20. The summed E-state index contributed by atoms with van der Waals surface area (Å²) in [6.45, 7) is 0. The van der Waals surface area contributed by atoms with Gasteiger partial charge in [0.15, 0.2) is 0 Å². The van der Waals surface area contributed by atoms with Crippen LogP contribution in [0.5, 0.6) is 0 Å². The highest BCUT2D eigenvalue weighted by Crippen LogP contribution is 2.25. The van der Waals surface area contributed by atoms with Crippen LogP contribution in [0.1, 0.15) is 22.9 Å². The number of rotatable bonds is 5. The number of carbonyl (C=O) groups excluding carboxylic acids is 1. The number of amides is 1. The van der Waals surface area contributed by atoms with Gasteiger partial charge in [-0.25, -0.2) is 0 Å². The van der Waals surface area contributed by atoms with Crippen LogP contribution in [0.25, 0.3) is 0 Å². The molecule has 0 bridgehead atoms. The summed E-state index contributed by atoms with van der Waals surface area (Å²) in [5.41, 5.74) is 6.78. The highest BCUT2D eigenvalue weighted by atomic mass is 32.1. The Labute approximate surface area is 122 Å². The summed E-state index contributed by atoms with van der Waals surface area (Å²) in [6.07, 6.45) is 5.43. The molecule has 0 aliphatic carbocycles. The molecule has 1 aromatic carbocycles. The molecule has 102 valence electrons. The molecule has 0 spiro atoms. The molecule has 3 nitrogen and oxygen atoms in total. The molecule has 1 amide bonds. The number of hydrogen-bond acceptors (Lipinski definition) is 3. The van der Waals surface area contributed by atoms with Gasteiger partial charge in [-0.1, -0.05) is 36.4 Å². The second-order valence-corrected chi connectivity index (χ2v) is 5.36. The summed E-state index contributed by atoms with van der Waals surface area (Å²) in [7, 11) is 0. The Morgan fingerprint density at radius 1 is 1.30 bits per heavy atom. The molecule has 1 heterocycles. The van der Waals surface area contributed by atoms with Crippen molar-refractivity contribution in [3.63, 3.8) is 0 Å². The molecule has 2 aromatic rings. The largest absolute Gasteiger partial charge is 0.343 e. The Hall–Kier alpha value is -2.09. The summed E-state index contributed by atoms with van der Waals surface area (Å²) >= 11 is 1.60. The fourth-order valence-electron chi connectivity index (χ4n) is 1.89. The number of benzene rings is 1. The third-order valence-corrected chi connectivity index (χ3v) is 3.86. The Morgan fingerprint density at radius 2 is 2.05 bits per heavy atom. The molecule has 0 aliphatic rings. The van der Waals surface area contributed by atoms with E-state index < -0.39 is 6.04 Å². The summed E-state index contributed by atoms with van der Waals surface area (Å²) in [5.74, 6) is 2.18. The number of thiophene rings is 1. The van der Waals surface area contributed by atoms with Gasteiger partial charge in [-0.15, -0.1) is 23.7 Å². The average molecular weight is 284 g/mol. The zero-order chi connectivity index (χ0) is 14.4. The molecule has 2 rings (SSSR count). The first-order chi connectivity index (χ1) is 9.72. The first-order valence-electron chi connectivity index (χ1n) is 6.30. The van der Waals surface area contributed by atoms with Crippen LogP contribution in [0.15, 0.2) is 47.8 Å². The van der Waals surface area contributed by atoms with Crippen molar-refractivity contribution in [2.45, 2.75) is 18.5 Å². The van der Waals surface area contributed by atoms with Gasteiger partial charge in [-0.2, -0.15) is 0 Å². The van der Waals surface area contributed by atoms with Crippen molar-refractivity contribution in [3.05, 3.63) is 58.3 Å². The van der Waals surface area contributed by atoms with Crippen molar-refractivity contribution in [1.82, 2.24) is 5.32 Å². The SMILES string of the molecule is C#CCC(N)C(=O)NC(c1ccccc1)c1cccs1. The smallest absolute Gasteiger partial charge is 0.238 e. The molecule has 0 aliphatic heterocycles. The molecule has 3 N–H and O–H groups in total. The van der Waals surface area contributed by atoms with E-state index >= 15 is 0 Å². The molecule has 2 unspecified atom stereocenters. The van der Waals surface area contributed by atoms with Gasteiger partial charge in [0.05, 0.1) is 12.1 Å². The van der Waals surface area contributed by atoms with Crippen molar-refractivity contribution in [3.8, 4) is 12.3 Å². The molecular weight excluding hydrogens is 268 g/mol. The predicted molar refractivity (Wildman–Crippen MR) is 82.2 cm³/mol. The minimum absolute atomic E-state index is 0.187. The van der Waals surface area contributed by atoms with Crippen LogP contribution in [0.3, 0.4) is 0 Å². The topological polar surface area (TPSA) is 55.1 Å². The van der Waals surface area contributed by atoms with Crippen LogP contribution in [-0.2, 0) is 4.79 Å². The van der Waals surface area contributed by atoms with E-state index in [2.05, 4.69) is 11.2 Å². The number of hydrogen-bond donors (Lipinski definition) is 2. The van der Waals surface area contributed by atoms with Crippen LogP contribution >= 0.6 is 11.3 Å². The number of nitrogens with one attached hydrogen (secondary N) is 1. The van der Waals surface area contributed by atoms with Crippen molar-refractivity contribution in [1.29, 1.82) is 0 Å². The second kappa shape index (κ2) is 6.90. The summed E-state index contributed by atoms with van der Waals surface area (Å²) in [6, 6.07) is 12.9. The molecule has 0 fully saturated rings. The fraction of sp³-hybridized carbons (Fsp3) is 0.188. The maximum Gasteiger partial charge on any atom is 0.238 e. The van der Waals surface area contributed by atoms with Gasteiger partial charge in [-0.05, 0) is 17.0 Å². The second-order valence-electron chi connectivity index (χ2n) is 4.38. The van der Waals surface area contributed by atoms with E-state index in [1.165, 1.54) is 0 Å². The van der Waals surface area contributed by atoms with Gasteiger partial charge in [0.1, 0.15) is 0 Å². The number of carbonyl (C=O) groups is 1. The van der Waals surface area contributed by atoms with E-state index in [1.54, 1.807) is 11.3 Å². The monoisotopic (exact) mass is 284 g/mol. The Kier molecular flexibility index (Phi) is 4.94. The Bertz CT molecular complexity index is 587. The van der Waals surface area contributed by atoms with E-state index in [0.29, 0.717) is 0 Å². The van der Waals surface area contributed by atoms with Crippen LogP contribution < -0.4 is 11.1 Å². The lowest BCUT2D eigenvalue weighted by molar-refractivity contribution is -0.122. The zero-order valence-electron chi connectivity index (χ0n) is 11.0. The van der Waals surface area contributed by atoms with Crippen LogP contribution in [0.2, 0.25) is 0 Å². The lowest BCUT2D eigenvalue weighted by atomic mass is 10.0. The molecular formula is C16H16N2OS. The third-order valence-electron chi connectivity index (χ3n) is 2.92. The van der Waals surface area contributed by atoms with E-state index in [9.17, 15) is 4.79 Å². The van der Waals surface area contributed by atoms with E-state index in [-0.39, 0.29) is 18.4 Å². The molecule has 4 heteroatoms. The molecule has 0 saturated heterocycles. The molecule has 0 radical (unpaired) electrons. The summed E-state index contributed by atoms with van der Waals surface area (Å²) < 4.78 is 0. The lowest BCUT2D eigenvalue weighted by Crippen LogP contribution is -2.42. The molecule has 20 heavy (non-hydrogen) atoms. The quantitative estimate of drug-likeness (QED) is 0.828. The Balaban J connectivity index is 2.21. The fourth-order valence-corrected chi connectivity index (χ4v) is 2.69. The van der Waals surface area contributed by atoms with E-state index in [1.807, 2.05) is 47.8 Å². The van der Waals surface area contributed by atoms with Gasteiger partial charge >= 0.3 is 0 Å². The predicted octanol–water partition coefficient (Wildman–Crippen LogP) is 2.30. The van der Waals surface area contributed by atoms with Crippen molar-refractivity contribution in [2.75, 3.05) is 0 Å². The minimum atomic E-state index is -0.675. The maximum absolute atomic E-state index is 12.1. The van der Waals surface area contributed by atoms with Crippen LogP contribution in [0.4, 0.5) is 0 Å².